The molecule has 0 unspecified atom stereocenters. The van der Waals surface area contributed by atoms with E-state index < -0.39 is 11.1 Å². The Balaban J connectivity index is 2.38. The molecule has 6 nitrogen and oxygen atoms in total. The van der Waals surface area contributed by atoms with Crippen molar-refractivity contribution in [3.8, 4) is 0 Å². The number of carbonyl (C=O) groups is 1. The lowest BCUT2D eigenvalue weighted by atomic mass is 9.89. The number of nitrogens with zero attached hydrogens (tertiary/aromatic N) is 2. The fourth-order valence-corrected chi connectivity index (χ4v) is 2.91. The van der Waals surface area contributed by atoms with E-state index in [0.717, 1.165) is 24.1 Å². The van der Waals surface area contributed by atoms with E-state index in [9.17, 15) is 4.79 Å². The van der Waals surface area contributed by atoms with Crippen LogP contribution in [0.15, 0.2) is 0 Å². The minimum atomic E-state index is -0.510. The lowest BCUT2D eigenvalue weighted by Gasteiger charge is -2.38. The molecule has 1 aromatic heterocycles. The number of H-pyrrole nitrogens is 1. The van der Waals surface area contributed by atoms with Crippen molar-refractivity contribution in [2.45, 2.75) is 65.1 Å². The Bertz CT molecular complexity index is 512. The first-order chi connectivity index (χ1) is 9.25. The van der Waals surface area contributed by atoms with Gasteiger partial charge in [0.25, 0.3) is 0 Å². The third kappa shape index (κ3) is 2.13. The van der Waals surface area contributed by atoms with Gasteiger partial charge in [-0.25, -0.2) is 4.79 Å². The van der Waals surface area contributed by atoms with Crippen molar-refractivity contribution < 1.29 is 9.53 Å². The van der Waals surface area contributed by atoms with Crippen molar-refractivity contribution in [3.63, 3.8) is 0 Å². The first kappa shape index (κ1) is 14.7. The molecule has 1 amide bonds. The van der Waals surface area contributed by atoms with Crippen LogP contribution in [0, 0.1) is 0 Å². The molecule has 0 aromatic carbocycles. The molecule has 0 atom stereocenters. The van der Waals surface area contributed by atoms with Crippen LogP contribution in [-0.2, 0) is 16.8 Å². The second-order valence-corrected chi connectivity index (χ2v) is 6.27. The van der Waals surface area contributed by atoms with Crippen molar-refractivity contribution >= 4 is 11.9 Å². The van der Waals surface area contributed by atoms with Gasteiger partial charge in [0.1, 0.15) is 5.60 Å². The number of amides is 1. The molecule has 0 radical (unpaired) electrons. The standard InChI is InChI=1S/C14H24N4O2/c1-6-14(7-2)10-9(11(15)17-16-10)8-18(14)12(19)20-13(3,4)5/h6-8H2,1-5H3,(H3,15,16,17). The normalized spacial score (nSPS) is 17.1. The van der Waals surface area contributed by atoms with Gasteiger partial charge in [-0.3, -0.25) is 10.00 Å². The minimum absolute atomic E-state index is 0.301. The number of rotatable bonds is 2. The van der Waals surface area contributed by atoms with Crippen molar-refractivity contribution in [2.24, 2.45) is 0 Å². The van der Waals surface area contributed by atoms with Crippen LogP contribution >= 0.6 is 0 Å². The highest BCUT2D eigenvalue weighted by Gasteiger charge is 2.49. The van der Waals surface area contributed by atoms with Gasteiger partial charge in [-0.05, 0) is 33.6 Å². The summed E-state index contributed by atoms with van der Waals surface area (Å²) in [5.74, 6) is 0.470. The number of nitrogens with two attached hydrogens (primary N) is 1. The molecule has 3 N–H and O–H groups in total. The molecule has 0 spiro atoms. The molecule has 1 aromatic rings. The number of nitrogens with one attached hydrogen (secondary N) is 1. The highest BCUT2D eigenvalue weighted by Crippen LogP contribution is 2.45. The number of ether oxygens (including phenoxy) is 1. The minimum Gasteiger partial charge on any atom is -0.444 e. The van der Waals surface area contributed by atoms with Crippen LogP contribution < -0.4 is 5.73 Å². The number of carbonyl (C=O) groups excluding carboxylic acids is 1. The lowest BCUT2D eigenvalue weighted by Crippen LogP contribution is -2.46. The zero-order valence-electron chi connectivity index (χ0n) is 12.9. The monoisotopic (exact) mass is 280 g/mol. The van der Waals surface area contributed by atoms with E-state index >= 15 is 0 Å². The van der Waals surface area contributed by atoms with Gasteiger partial charge >= 0.3 is 6.09 Å². The van der Waals surface area contributed by atoms with Crippen LogP contribution in [0.3, 0.4) is 0 Å². The predicted molar refractivity (Wildman–Crippen MR) is 77.0 cm³/mol. The molecule has 6 heteroatoms. The quantitative estimate of drug-likeness (QED) is 0.872. The Kier molecular flexibility index (Phi) is 3.44. The summed E-state index contributed by atoms with van der Waals surface area (Å²) < 4.78 is 5.53. The summed E-state index contributed by atoms with van der Waals surface area (Å²) in [5.41, 5.74) is 6.85. The smallest absolute Gasteiger partial charge is 0.411 e. The largest absolute Gasteiger partial charge is 0.444 e. The maximum absolute atomic E-state index is 12.5. The lowest BCUT2D eigenvalue weighted by molar-refractivity contribution is -0.00480. The molecule has 2 heterocycles. The van der Waals surface area contributed by atoms with Crippen LogP contribution in [0.25, 0.3) is 0 Å². The summed E-state index contributed by atoms with van der Waals surface area (Å²) in [5, 5.41) is 7.07. The van der Waals surface area contributed by atoms with Crippen molar-refractivity contribution in [3.05, 3.63) is 11.3 Å². The van der Waals surface area contributed by atoms with E-state index in [1.165, 1.54) is 0 Å². The van der Waals surface area contributed by atoms with Crippen LogP contribution in [-0.4, -0.2) is 26.8 Å². The third-order valence-electron chi connectivity index (χ3n) is 3.98. The van der Waals surface area contributed by atoms with Crippen molar-refractivity contribution in [2.75, 3.05) is 5.73 Å². The van der Waals surface area contributed by atoms with Crippen LogP contribution in [0.4, 0.5) is 10.6 Å². The van der Waals surface area contributed by atoms with Gasteiger partial charge in [-0.2, -0.15) is 5.10 Å². The number of hydrogen-bond acceptors (Lipinski definition) is 4. The molecule has 1 aliphatic rings. The van der Waals surface area contributed by atoms with E-state index in [0.29, 0.717) is 12.4 Å². The summed E-state index contributed by atoms with van der Waals surface area (Å²) >= 11 is 0. The maximum Gasteiger partial charge on any atom is 0.411 e. The first-order valence-corrected chi connectivity index (χ1v) is 7.09. The summed E-state index contributed by atoms with van der Waals surface area (Å²) in [6.07, 6.45) is 1.28. The van der Waals surface area contributed by atoms with Crippen molar-refractivity contribution in [1.82, 2.24) is 15.1 Å². The van der Waals surface area contributed by atoms with E-state index in [2.05, 4.69) is 24.0 Å². The molecule has 0 saturated carbocycles. The van der Waals surface area contributed by atoms with Gasteiger partial charge in [0.2, 0.25) is 0 Å². The van der Waals surface area contributed by atoms with Crippen LogP contribution in [0.1, 0.15) is 58.7 Å². The number of nitrogen functional groups attached to an aromatic ring is 1. The topological polar surface area (TPSA) is 84.2 Å². The molecule has 2 rings (SSSR count). The number of hydrogen-bond donors (Lipinski definition) is 2. The summed E-state index contributed by atoms with van der Waals surface area (Å²) in [7, 11) is 0. The maximum atomic E-state index is 12.5. The predicted octanol–water partition coefficient (Wildman–Crippen LogP) is 2.76. The van der Waals surface area contributed by atoms with Gasteiger partial charge in [0, 0.05) is 5.56 Å². The number of aromatic amines is 1. The molecule has 1 aliphatic heterocycles. The first-order valence-electron chi connectivity index (χ1n) is 7.09. The average molecular weight is 280 g/mol. The zero-order chi connectivity index (χ0) is 15.1. The fraction of sp³-hybridized carbons (Fsp3) is 0.714. The molecule has 112 valence electrons. The Morgan fingerprint density at radius 1 is 1.45 bits per heavy atom. The van der Waals surface area contributed by atoms with Gasteiger partial charge in [-0.1, -0.05) is 13.8 Å². The summed E-state index contributed by atoms with van der Waals surface area (Å²) in [6.45, 7) is 10.2. The second kappa shape index (κ2) is 4.68. The van der Waals surface area contributed by atoms with E-state index in [1.807, 2.05) is 20.8 Å². The molecule has 0 fully saturated rings. The van der Waals surface area contributed by atoms with E-state index in [4.69, 9.17) is 10.5 Å². The number of fused-ring (bicyclic) bond motifs is 1. The average Bonchev–Trinajstić information content (AvgIpc) is 2.86. The summed E-state index contributed by atoms with van der Waals surface area (Å²) in [6, 6.07) is 0. The molecular formula is C14H24N4O2. The van der Waals surface area contributed by atoms with Gasteiger partial charge in [-0.15, -0.1) is 0 Å². The second-order valence-electron chi connectivity index (χ2n) is 6.27. The third-order valence-corrected chi connectivity index (χ3v) is 3.98. The van der Waals surface area contributed by atoms with Crippen LogP contribution in [0.5, 0.6) is 0 Å². The fourth-order valence-electron chi connectivity index (χ4n) is 2.91. The van der Waals surface area contributed by atoms with E-state index in [-0.39, 0.29) is 6.09 Å². The summed E-state index contributed by atoms with van der Waals surface area (Å²) in [4.78, 5) is 14.3. The number of anilines is 1. The zero-order valence-corrected chi connectivity index (χ0v) is 12.9. The molecule has 0 saturated heterocycles. The highest BCUT2D eigenvalue weighted by atomic mass is 16.6. The van der Waals surface area contributed by atoms with Gasteiger partial charge in [0.15, 0.2) is 5.82 Å². The Labute approximate surface area is 119 Å². The molecule has 0 aliphatic carbocycles. The van der Waals surface area contributed by atoms with E-state index in [1.54, 1.807) is 4.90 Å². The SMILES string of the molecule is CCC1(CC)c2[nH]nc(N)c2CN1C(=O)OC(C)(C)C. The Hall–Kier alpha value is -1.72. The van der Waals surface area contributed by atoms with Crippen molar-refractivity contribution in [1.29, 1.82) is 0 Å². The molecule has 0 bridgehead atoms. The van der Waals surface area contributed by atoms with Gasteiger partial charge < -0.3 is 10.5 Å². The Morgan fingerprint density at radius 3 is 2.55 bits per heavy atom. The van der Waals surface area contributed by atoms with Crippen LogP contribution in [0.2, 0.25) is 0 Å². The highest BCUT2D eigenvalue weighted by molar-refractivity contribution is 5.72. The Morgan fingerprint density at radius 2 is 2.05 bits per heavy atom. The molecular weight excluding hydrogens is 256 g/mol. The number of aromatic nitrogens is 2. The molecule has 20 heavy (non-hydrogen) atoms. The van der Waals surface area contributed by atoms with Gasteiger partial charge in [0.05, 0.1) is 17.8 Å².